The van der Waals surface area contributed by atoms with E-state index in [0.29, 0.717) is 41.2 Å². The first-order valence-electron chi connectivity index (χ1n) is 14.6. The molecule has 2 unspecified atom stereocenters. The third-order valence-corrected chi connectivity index (χ3v) is 7.98. The van der Waals surface area contributed by atoms with Crippen LogP contribution in [-0.2, 0) is 11.2 Å². The molecule has 3 aromatic carbocycles. The highest BCUT2D eigenvalue weighted by Gasteiger charge is 2.23. The Morgan fingerprint density at radius 2 is 1.51 bits per heavy atom. The van der Waals surface area contributed by atoms with Crippen LogP contribution in [0.4, 0.5) is 13.2 Å². The minimum atomic E-state index is -0.819. The Labute approximate surface area is 232 Å². The molecule has 0 N–H and O–H groups in total. The minimum absolute atomic E-state index is 0.0854. The molecule has 0 amide bonds. The molecule has 1 heterocycles. The summed E-state index contributed by atoms with van der Waals surface area (Å²) >= 11 is 0. The molecule has 0 radical (unpaired) electrons. The first-order chi connectivity index (χ1) is 19.0. The van der Waals surface area contributed by atoms with Crippen molar-refractivity contribution < 1.29 is 17.9 Å². The molecule has 1 fully saturated rings. The predicted molar refractivity (Wildman–Crippen MR) is 155 cm³/mol. The van der Waals surface area contributed by atoms with Gasteiger partial charge in [-0.1, -0.05) is 93.6 Å². The second kappa shape index (κ2) is 14.5. The number of aryl methyl sites for hydroxylation is 1. The van der Waals surface area contributed by atoms with Crippen LogP contribution in [0.2, 0.25) is 0 Å². The van der Waals surface area contributed by atoms with Gasteiger partial charge in [0.05, 0.1) is 12.7 Å². The predicted octanol–water partition coefficient (Wildman–Crippen LogP) is 10.8. The van der Waals surface area contributed by atoms with Gasteiger partial charge in [0, 0.05) is 11.1 Å². The summed E-state index contributed by atoms with van der Waals surface area (Å²) in [5.41, 5.74) is 3.25. The van der Waals surface area contributed by atoms with Gasteiger partial charge < -0.3 is 4.74 Å². The zero-order chi connectivity index (χ0) is 27.6. The summed E-state index contributed by atoms with van der Waals surface area (Å²) in [5.74, 6) is -1.35. The van der Waals surface area contributed by atoms with Gasteiger partial charge in [0.25, 0.3) is 0 Å². The summed E-state index contributed by atoms with van der Waals surface area (Å²) in [5, 5.41) is 0. The lowest BCUT2D eigenvalue weighted by Crippen LogP contribution is -2.20. The zero-order valence-electron chi connectivity index (χ0n) is 23.2. The fourth-order valence-corrected chi connectivity index (χ4v) is 5.55. The molecule has 0 bridgehead atoms. The van der Waals surface area contributed by atoms with Gasteiger partial charge in [0.2, 0.25) is 0 Å². The summed E-state index contributed by atoms with van der Waals surface area (Å²) < 4.78 is 50.9. The van der Waals surface area contributed by atoms with Crippen molar-refractivity contribution in [3.8, 4) is 22.3 Å². The van der Waals surface area contributed by atoms with E-state index in [-0.39, 0.29) is 17.5 Å². The first kappa shape index (κ1) is 29.1. The fraction of sp³-hybridized carbons (Fsp3) is 0.429. The fourth-order valence-electron chi connectivity index (χ4n) is 5.55. The number of allylic oxidation sites excluding steroid dienone is 1. The number of unbranched alkanes of at least 4 members (excludes halogenated alkanes) is 5. The highest BCUT2D eigenvalue weighted by atomic mass is 19.2. The smallest absolute Gasteiger partial charge is 0.166 e. The number of halogens is 3. The molecule has 208 valence electrons. The van der Waals surface area contributed by atoms with Crippen molar-refractivity contribution in [1.82, 2.24) is 0 Å². The second-order valence-corrected chi connectivity index (χ2v) is 10.9. The molecule has 2 atom stereocenters. The number of rotatable bonds is 13. The van der Waals surface area contributed by atoms with E-state index in [1.54, 1.807) is 48.5 Å². The number of ether oxygens (including phenoxy) is 1. The van der Waals surface area contributed by atoms with Crippen LogP contribution in [0.3, 0.4) is 0 Å². The zero-order valence-corrected chi connectivity index (χ0v) is 23.2. The lowest BCUT2D eigenvalue weighted by molar-refractivity contribution is -0.0191. The van der Waals surface area contributed by atoms with Gasteiger partial charge in [0.1, 0.15) is 5.82 Å². The van der Waals surface area contributed by atoms with Crippen LogP contribution in [0.15, 0.2) is 67.3 Å². The molecular formula is C35H41F3O. The molecule has 1 nitrogen and oxygen atoms in total. The van der Waals surface area contributed by atoms with Crippen LogP contribution in [0.5, 0.6) is 0 Å². The molecule has 1 aliphatic heterocycles. The van der Waals surface area contributed by atoms with Crippen molar-refractivity contribution in [3.05, 3.63) is 95.8 Å². The maximum Gasteiger partial charge on any atom is 0.166 e. The summed E-state index contributed by atoms with van der Waals surface area (Å²) in [4.78, 5) is 0. The van der Waals surface area contributed by atoms with Crippen molar-refractivity contribution in [3.63, 3.8) is 0 Å². The number of benzene rings is 3. The molecule has 1 saturated heterocycles. The van der Waals surface area contributed by atoms with Crippen LogP contribution in [-0.4, -0.2) is 6.61 Å². The van der Waals surface area contributed by atoms with E-state index in [2.05, 4.69) is 13.5 Å². The molecule has 1 aliphatic rings. The second-order valence-electron chi connectivity index (χ2n) is 10.9. The van der Waals surface area contributed by atoms with E-state index in [0.717, 1.165) is 50.5 Å². The minimum Gasteiger partial charge on any atom is -0.373 e. The van der Waals surface area contributed by atoms with Gasteiger partial charge in [-0.05, 0) is 72.8 Å². The Kier molecular flexibility index (Phi) is 10.8. The molecule has 39 heavy (non-hydrogen) atoms. The average molecular weight is 535 g/mol. The molecule has 4 rings (SSSR count). The Bertz CT molecular complexity index is 1210. The maximum atomic E-state index is 15.1. The van der Waals surface area contributed by atoms with Gasteiger partial charge in [0.15, 0.2) is 11.6 Å². The third-order valence-electron chi connectivity index (χ3n) is 7.98. The van der Waals surface area contributed by atoms with Gasteiger partial charge in [-0.15, -0.1) is 6.58 Å². The van der Waals surface area contributed by atoms with Crippen LogP contribution in [0.25, 0.3) is 22.3 Å². The molecule has 4 heteroatoms. The number of hydrogen-bond donors (Lipinski definition) is 0. The Balaban J connectivity index is 1.39. The van der Waals surface area contributed by atoms with E-state index >= 15 is 4.39 Å². The highest BCUT2D eigenvalue weighted by Crippen LogP contribution is 2.35. The Morgan fingerprint density at radius 1 is 0.821 bits per heavy atom. The van der Waals surface area contributed by atoms with E-state index in [4.69, 9.17) is 4.74 Å². The summed E-state index contributed by atoms with van der Waals surface area (Å²) in [6, 6.07) is 15.6. The normalized spacial score (nSPS) is 17.3. The molecule has 0 spiro atoms. The van der Waals surface area contributed by atoms with E-state index < -0.39 is 11.6 Å². The molecule has 3 aromatic rings. The average Bonchev–Trinajstić information content (AvgIpc) is 2.96. The quantitative estimate of drug-likeness (QED) is 0.156. The van der Waals surface area contributed by atoms with E-state index in [1.165, 1.54) is 19.3 Å². The van der Waals surface area contributed by atoms with Crippen LogP contribution < -0.4 is 0 Å². The summed E-state index contributed by atoms with van der Waals surface area (Å²) in [6.45, 7) is 6.66. The van der Waals surface area contributed by atoms with E-state index in [1.807, 2.05) is 12.1 Å². The summed E-state index contributed by atoms with van der Waals surface area (Å²) in [6.07, 6.45) is 13.1. The monoisotopic (exact) mass is 534 g/mol. The molecule has 0 aromatic heterocycles. The van der Waals surface area contributed by atoms with Gasteiger partial charge in [-0.25, -0.2) is 13.2 Å². The first-order valence-corrected chi connectivity index (χ1v) is 14.6. The molecule has 0 saturated carbocycles. The standard InChI is InChI=1S/C35H41F3O/c1-3-5-7-8-9-10-12-28-18-21-31(35(38)34(28)37)27-16-14-26(15-17-27)30-20-19-29(23-32(30)36)33-22-13-25(24-39-33)11-6-4-2/h4,14-21,23,25,33H,2-3,5-13,22,24H2,1H3. The molecule has 0 aliphatic carbocycles. The maximum absolute atomic E-state index is 15.1. The van der Waals surface area contributed by atoms with E-state index in [9.17, 15) is 8.78 Å². The van der Waals surface area contributed by atoms with Crippen LogP contribution >= 0.6 is 0 Å². The SMILES string of the molecule is C=CCCC1CCC(c2ccc(-c3ccc(-c4ccc(CCCCCCCC)c(F)c4F)cc3)c(F)c2)OC1. The summed E-state index contributed by atoms with van der Waals surface area (Å²) in [7, 11) is 0. The molecular weight excluding hydrogens is 493 g/mol. The van der Waals surface area contributed by atoms with Crippen molar-refractivity contribution in [2.24, 2.45) is 5.92 Å². The number of hydrogen-bond acceptors (Lipinski definition) is 1. The van der Waals surface area contributed by atoms with Crippen LogP contribution in [0.1, 0.15) is 88.4 Å². The highest BCUT2D eigenvalue weighted by molar-refractivity contribution is 5.71. The van der Waals surface area contributed by atoms with Crippen molar-refractivity contribution >= 4 is 0 Å². The van der Waals surface area contributed by atoms with Crippen molar-refractivity contribution in [1.29, 1.82) is 0 Å². The van der Waals surface area contributed by atoms with Gasteiger partial charge >= 0.3 is 0 Å². The van der Waals surface area contributed by atoms with Crippen molar-refractivity contribution in [2.75, 3.05) is 6.61 Å². The topological polar surface area (TPSA) is 9.23 Å². The lowest BCUT2D eigenvalue weighted by atomic mass is 9.91. The Hall–Kier alpha value is -2.85. The Morgan fingerprint density at radius 3 is 2.18 bits per heavy atom. The third kappa shape index (κ3) is 7.63. The van der Waals surface area contributed by atoms with Gasteiger partial charge in [-0.3, -0.25) is 0 Å². The van der Waals surface area contributed by atoms with Gasteiger partial charge in [-0.2, -0.15) is 0 Å². The lowest BCUT2D eigenvalue weighted by Gasteiger charge is -2.29. The van der Waals surface area contributed by atoms with Crippen molar-refractivity contribution in [2.45, 2.75) is 83.7 Å². The van der Waals surface area contributed by atoms with Crippen LogP contribution in [0, 0.1) is 23.4 Å². The largest absolute Gasteiger partial charge is 0.373 e.